The first kappa shape index (κ1) is 15.2. The summed E-state index contributed by atoms with van der Waals surface area (Å²) < 4.78 is 15.8. The average molecular weight is 264 g/mol. The van der Waals surface area contributed by atoms with Crippen molar-refractivity contribution in [3.05, 3.63) is 36.4 Å². The van der Waals surface area contributed by atoms with Crippen molar-refractivity contribution in [2.75, 3.05) is 13.2 Å². The van der Waals surface area contributed by atoms with Crippen LogP contribution in [0, 0.1) is 0 Å². The molecule has 0 fully saturated rings. The molecular weight excluding hydrogens is 244 g/mol. The van der Waals surface area contributed by atoms with E-state index in [-0.39, 0.29) is 12.6 Å². The predicted octanol–water partition coefficient (Wildman–Crippen LogP) is 3.02. The van der Waals surface area contributed by atoms with Crippen molar-refractivity contribution in [3.63, 3.8) is 0 Å². The third-order valence-electron chi connectivity index (χ3n) is 2.41. The quantitative estimate of drug-likeness (QED) is 0.411. The second kappa shape index (κ2) is 8.32. The van der Waals surface area contributed by atoms with Crippen molar-refractivity contribution in [2.24, 2.45) is 0 Å². The minimum absolute atomic E-state index is 0.225. The third-order valence-corrected chi connectivity index (χ3v) is 2.41. The van der Waals surface area contributed by atoms with E-state index in [1.54, 1.807) is 19.9 Å². The van der Waals surface area contributed by atoms with E-state index in [0.29, 0.717) is 13.0 Å². The van der Waals surface area contributed by atoms with Gasteiger partial charge in [-0.2, -0.15) is 0 Å². The maximum absolute atomic E-state index is 10.9. The van der Waals surface area contributed by atoms with Crippen molar-refractivity contribution >= 4 is 12.0 Å². The van der Waals surface area contributed by atoms with Crippen molar-refractivity contribution in [1.82, 2.24) is 0 Å². The lowest BCUT2D eigenvalue weighted by Crippen LogP contribution is -2.20. The topological polar surface area (TPSA) is 44.8 Å². The van der Waals surface area contributed by atoms with E-state index in [1.165, 1.54) is 0 Å². The van der Waals surface area contributed by atoms with Crippen LogP contribution in [0.15, 0.2) is 30.8 Å². The Bertz CT molecular complexity index is 397. The molecule has 1 rings (SSSR count). The molecule has 0 aliphatic carbocycles. The first-order valence-electron chi connectivity index (χ1n) is 6.32. The molecule has 0 radical (unpaired) electrons. The van der Waals surface area contributed by atoms with Gasteiger partial charge in [0, 0.05) is 6.42 Å². The Labute approximate surface area is 114 Å². The molecule has 0 aromatic heterocycles. The lowest BCUT2D eigenvalue weighted by Gasteiger charge is -2.15. The first-order valence-corrected chi connectivity index (χ1v) is 6.32. The zero-order valence-corrected chi connectivity index (χ0v) is 11.4. The Balaban J connectivity index is 2.24. The highest BCUT2D eigenvalue weighted by Crippen LogP contribution is 2.14. The number of esters is 1. The lowest BCUT2D eigenvalue weighted by molar-refractivity contribution is -0.148. The largest absolute Gasteiger partial charge is 0.465 e. The fourth-order valence-electron chi connectivity index (χ4n) is 1.38. The van der Waals surface area contributed by atoms with E-state index in [9.17, 15) is 4.79 Å². The second-order valence-corrected chi connectivity index (χ2v) is 3.90. The minimum atomic E-state index is -0.394. The van der Waals surface area contributed by atoms with Gasteiger partial charge in [0.1, 0.15) is 12.4 Å². The SMILES string of the molecule is C=Cc1ccc(OC(C)OCCOC(=O)CC)cc1. The smallest absolute Gasteiger partial charge is 0.305 e. The van der Waals surface area contributed by atoms with Gasteiger partial charge in [-0.15, -0.1) is 0 Å². The van der Waals surface area contributed by atoms with E-state index < -0.39 is 6.29 Å². The Morgan fingerprint density at radius 2 is 2.00 bits per heavy atom. The van der Waals surface area contributed by atoms with Crippen LogP contribution in [0.5, 0.6) is 5.75 Å². The predicted molar refractivity (Wildman–Crippen MR) is 73.8 cm³/mol. The molecule has 0 bridgehead atoms. The van der Waals surface area contributed by atoms with E-state index in [2.05, 4.69) is 6.58 Å². The molecular formula is C15H20O4. The van der Waals surface area contributed by atoms with E-state index in [4.69, 9.17) is 14.2 Å². The number of hydrogen-bond acceptors (Lipinski definition) is 4. The summed E-state index contributed by atoms with van der Waals surface area (Å²) in [7, 11) is 0. The molecule has 0 amide bonds. The number of carbonyl (C=O) groups excluding carboxylic acids is 1. The molecule has 0 spiro atoms. The monoisotopic (exact) mass is 264 g/mol. The van der Waals surface area contributed by atoms with Gasteiger partial charge in [0.25, 0.3) is 0 Å². The van der Waals surface area contributed by atoms with Gasteiger partial charge in [-0.1, -0.05) is 31.7 Å². The zero-order chi connectivity index (χ0) is 14.1. The Kier molecular flexibility index (Phi) is 6.68. The standard InChI is InChI=1S/C15H20O4/c1-4-13-6-8-14(9-7-13)19-12(3)17-10-11-18-15(16)5-2/h4,6-9,12H,1,5,10-11H2,2-3H3. The highest BCUT2D eigenvalue weighted by molar-refractivity contribution is 5.68. The van der Waals surface area contributed by atoms with Gasteiger partial charge in [0.2, 0.25) is 0 Å². The molecule has 0 aliphatic heterocycles. The summed E-state index contributed by atoms with van der Waals surface area (Å²) in [4.78, 5) is 10.9. The molecule has 1 atom stereocenters. The summed E-state index contributed by atoms with van der Waals surface area (Å²) in [5.41, 5.74) is 1.03. The molecule has 104 valence electrons. The van der Waals surface area contributed by atoms with Crippen LogP contribution in [0.3, 0.4) is 0 Å². The summed E-state index contributed by atoms with van der Waals surface area (Å²) in [6, 6.07) is 7.54. The number of ether oxygens (including phenoxy) is 3. The van der Waals surface area contributed by atoms with Crippen molar-refractivity contribution in [1.29, 1.82) is 0 Å². The van der Waals surface area contributed by atoms with Crippen LogP contribution in [-0.4, -0.2) is 25.5 Å². The van der Waals surface area contributed by atoms with Gasteiger partial charge >= 0.3 is 5.97 Å². The van der Waals surface area contributed by atoms with Crippen LogP contribution in [0.1, 0.15) is 25.8 Å². The maximum Gasteiger partial charge on any atom is 0.305 e. The Hall–Kier alpha value is -1.81. The summed E-state index contributed by atoms with van der Waals surface area (Å²) in [5.74, 6) is 0.501. The van der Waals surface area contributed by atoms with Gasteiger partial charge in [0.15, 0.2) is 6.29 Å². The Morgan fingerprint density at radius 1 is 1.32 bits per heavy atom. The highest BCUT2D eigenvalue weighted by atomic mass is 16.7. The van der Waals surface area contributed by atoms with Gasteiger partial charge in [-0.05, 0) is 24.6 Å². The molecule has 0 heterocycles. The normalized spacial score (nSPS) is 11.7. The Morgan fingerprint density at radius 3 is 2.58 bits per heavy atom. The molecule has 0 aliphatic rings. The van der Waals surface area contributed by atoms with Gasteiger partial charge in [-0.3, -0.25) is 4.79 Å². The van der Waals surface area contributed by atoms with Crippen LogP contribution in [0.4, 0.5) is 0 Å². The molecule has 1 aromatic carbocycles. The molecule has 0 saturated carbocycles. The van der Waals surface area contributed by atoms with Gasteiger partial charge in [-0.25, -0.2) is 0 Å². The van der Waals surface area contributed by atoms with Crippen molar-refractivity contribution in [3.8, 4) is 5.75 Å². The fourth-order valence-corrected chi connectivity index (χ4v) is 1.38. The number of rotatable bonds is 8. The zero-order valence-electron chi connectivity index (χ0n) is 11.4. The first-order chi connectivity index (χ1) is 9.15. The lowest BCUT2D eigenvalue weighted by atomic mass is 10.2. The summed E-state index contributed by atoms with van der Waals surface area (Å²) in [6.07, 6.45) is 1.75. The number of hydrogen-bond donors (Lipinski definition) is 0. The van der Waals surface area contributed by atoms with Crippen LogP contribution in [0.2, 0.25) is 0 Å². The fraction of sp³-hybridized carbons (Fsp3) is 0.400. The minimum Gasteiger partial charge on any atom is -0.465 e. The molecule has 1 unspecified atom stereocenters. The van der Waals surface area contributed by atoms with Crippen LogP contribution < -0.4 is 4.74 Å². The van der Waals surface area contributed by atoms with Crippen LogP contribution >= 0.6 is 0 Å². The van der Waals surface area contributed by atoms with E-state index >= 15 is 0 Å². The summed E-state index contributed by atoms with van der Waals surface area (Å²) in [6.45, 7) is 7.80. The highest BCUT2D eigenvalue weighted by Gasteiger charge is 2.04. The van der Waals surface area contributed by atoms with Gasteiger partial charge in [0.05, 0.1) is 6.61 Å². The number of benzene rings is 1. The average Bonchev–Trinajstić information content (AvgIpc) is 2.44. The van der Waals surface area contributed by atoms with Crippen molar-refractivity contribution < 1.29 is 19.0 Å². The van der Waals surface area contributed by atoms with E-state index in [1.807, 2.05) is 24.3 Å². The van der Waals surface area contributed by atoms with Crippen LogP contribution in [-0.2, 0) is 14.3 Å². The molecule has 4 nitrogen and oxygen atoms in total. The summed E-state index contributed by atoms with van der Waals surface area (Å²) in [5, 5.41) is 0. The summed E-state index contributed by atoms with van der Waals surface area (Å²) >= 11 is 0. The van der Waals surface area contributed by atoms with E-state index in [0.717, 1.165) is 11.3 Å². The molecule has 1 aromatic rings. The van der Waals surface area contributed by atoms with Crippen LogP contribution in [0.25, 0.3) is 6.08 Å². The maximum atomic E-state index is 10.9. The third kappa shape index (κ3) is 6.06. The van der Waals surface area contributed by atoms with Gasteiger partial charge < -0.3 is 14.2 Å². The molecule has 4 heteroatoms. The molecule has 0 saturated heterocycles. The molecule has 0 N–H and O–H groups in total. The second-order valence-electron chi connectivity index (χ2n) is 3.90. The van der Waals surface area contributed by atoms with Crippen molar-refractivity contribution in [2.45, 2.75) is 26.6 Å². The number of carbonyl (C=O) groups is 1. The molecule has 19 heavy (non-hydrogen) atoms.